The second-order valence-electron chi connectivity index (χ2n) is 4.63. The third-order valence-electron chi connectivity index (χ3n) is 2.99. The topological polar surface area (TPSA) is 65.1 Å². The van der Waals surface area contributed by atoms with Gasteiger partial charge >= 0.3 is 12.3 Å². The maximum absolute atomic E-state index is 12.7. The van der Waals surface area contributed by atoms with Crippen LogP contribution >= 0.6 is 0 Å². The fourth-order valence-electron chi connectivity index (χ4n) is 2.12. The van der Waals surface area contributed by atoms with E-state index in [1.807, 2.05) is 0 Å². The average molecular weight is 286 g/mol. The molecule has 0 bridgehead atoms. The maximum atomic E-state index is 12.7. The first-order valence-corrected chi connectivity index (χ1v) is 5.94. The van der Waals surface area contributed by atoms with Crippen LogP contribution in [0.5, 0.6) is 0 Å². The number of hydrogen-bond acceptors (Lipinski definition) is 1. The molecule has 4 nitrogen and oxygen atoms in total. The molecule has 0 aliphatic heterocycles. The Bertz CT molecular complexity index is 634. The van der Waals surface area contributed by atoms with Crippen LogP contribution in [0, 0.1) is 0 Å². The van der Waals surface area contributed by atoms with E-state index >= 15 is 0 Å². The third kappa shape index (κ3) is 3.04. The lowest BCUT2D eigenvalue weighted by Gasteiger charge is -2.11. The fourth-order valence-corrected chi connectivity index (χ4v) is 2.12. The first kappa shape index (κ1) is 14.2. The number of carbonyl (C=O) groups is 1. The molecule has 0 saturated carbocycles. The smallest absolute Gasteiger partial charge is 0.416 e. The largest absolute Gasteiger partial charge is 0.465 e. The van der Waals surface area contributed by atoms with Gasteiger partial charge in [-0.05, 0) is 37.1 Å². The highest BCUT2D eigenvalue weighted by Crippen LogP contribution is 2.32. The number of H-pyrrole nitrogens is 1. The van der Waals surface area contributed by atoms with Crippen molar-refractivity contribution in [3.63, 3.8) is 0 Å². The molecule has 3 N–H and O–H groups in total. The Hall–Kier alpha value is -2.18. The molecule has 1 aromatic carbocycles. The van der Waals surface area contributed by atoms with E-state index in [-0.39, 0.29) is 6.04 Å². The lowest BCUT2D eigenvalue weighted by molar-refractivity contribution is -0.137. The summed E-state index contributed by atoms with van der Waals surface area (Å²) < 4.78 is 38.1. The minimum atomic E-state index is -4.40. The van der Waals surface area contributed by atoms with E-state index in [1.54, 1.807) is 13.1 Å². The summed E-state index contributed by atoms with van der Waals surface area (Å²) in [6.45, 7) is 1.65. The van der Waals surface area contributed by atoms with Crippen molar-refractivity contribution < 1.29 is 23.1 Å². The summed E-state index contributed by atoms with van der Waals surface area (Å²) >= 11 is 0. The Labute approximate surface area is 112 Å². The number of amides is 1. The van der Waals surface area contributed by atoms with Gasteiger partial charge in [0.05, 0.1) is 5.56 Å². The van der Waals surface area contributed by atoms with Crippen molar-refractivity contribution in [2.24, 2.45) is 0 Å². The second-order valence-corrected chi connectivity index (χ2v) is 4.63. The molecule has 1 unspecified atom stereocenters. The number of nitrogens with one attached hydrogen (secondary N) is 2. The molecule has 0 aliphatic carbocycles. The van der Waals surface area contributed by atoms with Crippen LogP contribution in [0.2, 0.25) is 0 Å². The number of fused-ring (bicyclic) bond motifs is 1. The van der Waals surface area contributed by atoms with Crippen LogP contribution in [-0.4, -0.2) is 22.2 Å². The van der Waals surface area contributed by atoms with Gasteiger partial charge in [-0.25, -0.2) is 4.79 Å². The number of halogens is 3. The van der Waals surface area contributed by atoms with E-state index in [9.17, 15) is 18.0 Å². The molecule has 1 heterocycles. The monoisotopic (exact) mass is 286 g/mol. The summed E-state index contributed by atoms with van der Waals surface area (Å²) in [5.74, 6) is 0. The molecule has 1 amide bonds. The minimum absolute atomic E-state index is 0.313. The molecule has 108 valence electrons. The van der Waals surface area contributed by atoms with Crippen LogP contribution in [-0.2, 0) is 12.6 Å². The molecular formula is C13H13F3N2O2. The van der Waals surface area contributed by atoms with Gasteiger partial charge in [0.15, 0.2) is 0 Å². The molecule has 0 saturated heterocycles. The standard InChI is InChI=1S/C13H13F3N2O2/c1-7(18-12(19)20)4-8-6-17-11-3-2-9(5-10(8)11)13(14,15)16/h2-3,5-7,17-18H,4H2,1H3,(H,19,20). The van der Waals surface area contributed by atoms with Gasteiger partial charge in [0.1, 0.15) is 0 Å². The zero-order valence-electron chi connectivity index (χ0n) is 10.6. The van der Waals surface area contributed by atoms with Crippen molar-refractivity contribution in [3.05, 3.63) is 35.5 Å². The Balaban J connectivity index is 2.32. The maximum Gasteiger partial charge on any atom is 0.416 e. The number of aromatic amines is 1. The molecule has 0 radical (unpaired) electrons. The normalized spacial score (nSPS) is 13.4. The third-order valence-corrected chi connectivity index (χ3v) is 2.99. The van der Waals surface area contributed by atoms with Crippen molar-refractivity contribution in [3.8, 4) is 0 Å². The van der Waals surface area contributed by atoms with E-state index in [4.69, 9.17) is 5.11 Å². The van der Waals surface area contributed by atoms with E-state index in [0.29, 0.717) is 22.9 Å². The van der Waals surface area contributed by atoms with Crippen molar-refractivity contribution in [2.75, 3.05) is 0 Å². The minimum Gasteiger partial charge on any atom is -0.465 e. The van der Waals surface area contributed by atoms with Gasteiger partial charge in [0.25, 0.3) is 0 Å². The summed E-state index contributed by atoms with van der Waals surface area (Å²) in [4.78, 5) is 13.4. The molecule has 0 fully saturated rings. The van der Waals surface area contributed by atoms with E-state index in [0.717, 1.165) is 12.1 Å². The van der Waals surface area contributed by atoms with Crippen LogP contribution in [0.4, 0.5) is 18.0 Å². The van der Waals surface area contributed by atoms with Crippen LogP contribution in [0.3, 0.4) is 0 Å². The van der Waals surface area contributed by atoms with Crippen molar-refractivity contribution in [1.82, 2.24) is 10.3 Å². The number of benzene rings is 1. The Kier molecular flexibility index (Phi) is 3.61. The highest BCUT2D eigenvalue weighted by atomic mass is 19.4. The molecule has 2 aromatic rings. The second kappa shape index (κ2) is 5.07. The highest BCUT2D eigenvalue weighted by molar-refractivity contribution is 5.84. The summed E-state index contributed by atoms with van der Waals surface area (Å²) in [5.41, 5.74) is 0.521. The van der Waals surface area contributed by atoms with Crippen LogP contribution in [0.25, 0.3) is 10.9 Å². The van der Waals surface area contributed by atoms with Crippen LogP contribution in [0.1, 0.15) is 18.1 Å². The first-order valence-electron chi connectivity index (χ1n) is 5.94. The molecule has 1 atom stereocenters. The molecule has 7 heteroatoms. The average Bonchev–Trinajstić information content (AvgIpc) is 2.69. The molecule has 20 heavy (non-hydrogen) atoms. The number of rotatable bonds is 3. The number of hydrogen-bond donors (Lipinski definition) is 3. The molecular weight excluding hydrogens is 273 g/mol. The van der Waals surface area contributed by atoms with Crippen molar-refractivity contribution in [2.45, 2.75) is 25.6 Å². The Morgan fingerprint density at radius 1 is 1.45 bits per heavy atom. The summed E-state index contributed by atoms with van der Waals surface area (Å²) in [5, 5.41) is 11.3. The number of aromatic nitrogens is 1. The predicted octanol–water partition coefficient (Wildman–Crippen LogP) is 3.39. The fraction of sp³-hybridized carbons (Fsp3) is 0.308. The van der Waals surface area contributed by atoms with Gasteiger partial charge in [0.2, 0.25) is 0 Å². The first-order chi connectivity index (χ1) is 9.27. The lowest BCUT2D eigenvalue weighted by Crippen LogP contribution is -2.32. The predicted molar refractivity (Wildman–Crippen MR) is 67.6 cm³/mol. The SMILES string of the molecule is CC(Cc1c[nH]c2ccc(C(F)(F)F)cc12)NC(=O)O. The molecule has 2 rings (SSSR count). The Morgan fingerprint density at radius 2 is 2.15 bits per heavy atom. The van der Waals surface area contributed by atoms with Gasteiger partial charge < -0.3 is 15.4 Å². The van der Waals surface area contributed by atoms with Crippen LogP contribution in [0.15, 0.2) is 24.4 Å². The zero-order chi connectivity index (χ0) is 14.9. The van der Waals surface area contributed by atoms with Gasteiger partial charge in [-0.15, -0.1) is 0 Å². The molecule has 1 aromatic heterocycles. The summed E-state index contributed by atoms with van der Waals surface area (Å²) in [6, 6.07) is 3.08. The molecule has 0 spiro atoms. The van der Waals surface area contributed by atoms with Gasteiger partial charge in [-0.3, -0.25) is 0 Å². The number of alkyl halides is 3. The van der Waals surface area contributed by atoms with E-state index in [1.165, 1.54) is 6.07 Å². The molecule has 0 aliphatic rings. The van der Waals surface area contributed by atoms with E-state index < -0.39 is 17.8 Å². The van der Waals surface area contributed by atoms with Crippen LogP contribution < -0.4 is 5.32 Å². The van der Waals surface area contributed by atoms with Crippen molar-refractivity contribution >= 4 is 17.0 Å². The lowest BCUT2D eigenvalue weighted by atomic mass is 10.0. The summed E-state index contributed by atoms with van der Waals surface area (Å²) in [6.07, 6.45) is -3.64. The van der Waals surface area contributed by atoms with E-state index in [2.05, 4.69) is 10.3 Å². The Morgan fingerprint density at radius 3 is 2.75 bits per heavy atom. The summed E-state index contributed by atoms with van der Waals surface area (Å²) in [7, 11) is 0. The van der Waals surface area contributed by atoms with Crippen molar-refractivity contribution in [1.29, 1.82) is 0 Å². The van der Waals surface area contributed by atoms with Gasteiger partial charge in [0, 0.05) is 23.1 Å². The van der Waals surface area contributed by atoms with Gasteiger partial charge in [-0.1, -0.05) is 0 Å². The quantitative estimate of drug-likeness (QED) is 0.809. The highest BCUT2D eigenvalue weighted by Gasteiger charge is 2.30. The zero-order valence-corrected chi connectivity index (χ0v) is 10.6. The number of carboxylic acid groups (broad SMARTS) is 1. The van der Waals surface area contributed by atoms with Gasteiger partial charge in [-0.2, -0.15) is 13.2 Å².